The van der Waals surface area contributed by atoms with E-state index < -0.39 is 6.10 Å². The fourth-order valence-corrected chi connectivity index (χ4v) is 2.73. The molecule has 0 aliphatic rings. The number of imidazole rings is 1. The number of aliphatic hydroxyl groups is 1. The summed E-state index contributed by atoms with van der Waals surface area (Å²) in [5.41, 5.74) is 1.49. The molecule has 0 aliphatic heterocycles. The molecule has 1 N–H and O–H groups in total. The number of benzene rings is 1. The minimum atomic E-state index is -0.927. The molecule has 2 aromatic heterocycles. The minimum absolute atomic E-state index is 0.0636. The molecule has 0 fully saturated rings. The third kappa shape index (κ3) is 3.75. The van der Waals surface area contributed by atoms with Gasteiger partial charge in [-0.05, 0) is 25.1 Å². The number of para-hydroxylation sites is 1. The zero-order chi connectivity index (χ0) is 17.6. The number of carbonyl (C=O) groups excluding carboxylic acids is 1. The van der Waals surface area contributed by atoms with E-state index in [1.165, 1.54) is 0 Å². The van der Waals surface area contributed by atoms with Crippen molar-refractivity contribution >= 4 is 11.6 Å². The summed E-state index contributed by atoms with van der Waals surface area (Å²) in [6.45, 7) is 2.61. The molecule has 0 saturated carbocycles. The molecule has 1 amide bonds. The lowest BCUT2D eigenvalue weighted by molar-refractivity contribution is -0.119. The van der Waals surface area contributed by atoms with Crippen LogP contribution < -0.4 is 4.90 Å². The second kappa shape index (κ2) is 7.72. The second-order valence-corrected chi connectivity index (χ2v) is 5.58. The Kier molecular flexibility index (Phi) is 5.20. The molecule has 2 heterocycles. The Morgan fingerprint density at radius 1 is 1.20 bits per heavy atom. The number of hydrogen-bond acceptors (Lipinski definition) is 4. The van der Waals surface area contributed by atoms with E-state index in [0.29, 0.717) is 17.9 Å². The molecule has 3 aromatic rings. The maximum atomic E-state index is 12.7. The highest BCUT2D eigenvalue weighted by Gasteiger charge is 2.20. The molecule has 25 heavy (non-hydrogen) atoms. The monoisotopic (exact) mass is 336 g/mol. The molecule has 0 spiro atoms. The highest BCUT2D eigenvalue weighted by atomic mass is 16.3. The molecule has 6 nitrogen and oxygen atoms in total. The van der Waals surface area contributed by atoms with Crippen LogP contribution in [0.1, 0.15) is 24.4 Å². The number of rotatable bonds is 6. The molecule has 128 valence electrons. The van der Waals surface area contributed by atoms with Crippen molar-refractivity contribution in [1.29, 1.82) is 0 Å². The zero-order valence-corrected chi connectivity index (χ0v) is 14.0. The maximum Gasteiger partial charge on any atom is 0.246 e. The van der Waals surface area contributed by atoms with Crippen molar-refractivity contribution in [2.45, 2.75) is 19.6 Å². The summed E-state index contributed by atoms with van der Waals surface area (Å²) in [6, 6.07) is 13.1. The van der Waals surface area contributed by atoms with Gasteiger partial charge in [-0.2, -0.15) is 0 Å². The zero-order valence-electron chi connectivity index (χ0n) is 14.0. The molecule has 0 radical (unpaired) electrons. The summed E-state index contributed by atoms with van der Waals surface area (Å²) in [5, 5.41) is 10.5. The van der Waals surface area contributed by atoms with Crippen LogP contribution in [0.15, 0.2) is 67.3 Å². The Labute approximate surface area is 146 Å². The highest BCUT2D eigenvalue weighted by Crippen LogP contribution is 2.20. The number of aliphatic hydroxyl groups excluding tert-OH is 1. The third-order valence-electron chi connectivity index (χ3n) is 3.98. The molecule has 6 heteroatoms. The Hall–Kier alpha value is -2.99. The average molecular weight is 336 g/mol. The first kappa shape index (κ1) is 16.9. The largest absolute Gasteiger partial charge is 0.380 e. The first-order valence-electron chi connectivity index (χ1n) is 8.15. The van der Waals surface area contributed by atoms with Crippen molar-refractivity contribution in [3.05, 3.63) is 78.6 Å². The Morgan fingerprint density at radius 3 is 2.68 bits per heavy atom. The lowest BCUT2D eigenvalue weighted by Gasteiger charge is -2.22. The van der Waals surface area contributed by atoms with Gasteiger partial charge in [-0.15, -0.1) is 0 Å². The SMILES string of the molecule is CCN(C(=O)Cn1ccnc1[C@H](O)c1cccnc1)c1ccccc1. The molecular weight excluding hydrogens is 316 g/mol. The van der Waals surface area contributed by atoms with Crippen molar-refractivity contribution in [1.82, 2.24) is 14.5 Å². The topological polar surface area (TPSA) is 71.2 Å². The van der Waals surface area contributed by atoms with Crippen molar-refractivity contribution < 1.29 is 9.90 Å². The first-order valence-corrected chi connectivity index (χ1v) is 8.15. The number of amides is 1. The van der Waals surface area contributed by atoms with Crippen LogP contribution in [0.4, 0.5) is 5.69 Å². The number of likely N-dealkylation sites (N-methyl/N-ethyl adjacent to an activating group) is 1. The van der Waals surface area contributed by atoms with E-state index in [1.54, 1.807) is 46.4 Å². The van der Waals surface area contributed by atoms with Crippen LogP contribution in [0.3, 0.4) is 0 Å². The number of pyridine rings is 1. The molecule has 0 saturated heterocycles. The number of hydrogen-bond donors (Lipinski definition) is 1. The normalized spacial score (nSPS) is 11.9. The van der Waals surface area contributed by atoms with Gasteiger partial charge in [0.1, 0.15) is 18.5 Å². The van der Waals surface area contributed by atoms with Crippen molar-refractivity contribution in [3.8, 4) is 0 Å². The van der Waals surface area contributed by atoms with Gasteiger partial charge < -0.3 is 14.6 Å². The van der Waals surface area contributed by atoms with Crippen LogP contribution in [-0.4, -0.2) is 32.1 Å². The first-order chi connectivity index (χ1) is 12.2. The van der Waals surface area contributed by atoms with Crippen molar-refractivity contribution in [2.24, 2.45) is 0 Å². The molecule has 0 aliphatic carbocycles. The molecule has 1 aromatic carbocycles. The quantitative estimate of drug-likeness (QED) is 0.750. The fraction of sp³-hybridized carbons (Fsp3) is 0.211. The molecule has 1 atom stereocenters. The van der Waals surface area contributed by atoms with Gasteiger partial charge in [0.15, 0.2) is 0 Å². The van der Waals surface area contributed by atoms with Gasteiger partial charge in [-0.3, -0.25) is 9.78 Å². The van der Waals surface area contributed by atoms with Gasteiger partial charge in [0.2, 0.25) is 5.91 Å². The number of aromatic nitrogens is 3. The predicted octanol–water partition coefficient (Wildman–Crippen LogP) is 2.41. The van der Waals surface area contributed by atoms with Gasteiger partial charge in [-0.1, -0.05) is 24.3 Å². The van der Waals surface area contributed by atoms with Crippen LogP contribution in [0.2, 0.25) is 0 Å². The molecule has 3 rings (SSSR count). The maximum absolute atomic E-state index is 12.7. The molecule has 0 unspecified atom stereocenters. The van der Waals surface area contributed by atoms with E-state index in [1.807, 2.05) is 37.3 Å². The standard InChI is InChI=1S/C19H20N4O2/c1-2-23(16-8-4-3-5-9-16)17(24)14-22-12-11-21-19(22)18(25)15-7-6-10-20-13-15/h3-13,18,25H,2,14H2,1H3/t18-/m1/s1. The number of carbonyl (C=O) groups is 1. The van der Waals surface area contributed by atoms with E-state index in [4.69, 9.17) is 0 Å². The third-order valence-corrected chi connectivity index (χ3v) is 3.98. The Morgan fingerprint density at radius 2 is 2.00 bits per heavy atom. The van der Waals surface area contributed by atoms with Crippen LogP contribution in [0.5, 0.6) is 0 Å². The molecule has 0 bridgehead atoms. The predicted molar refractivity (Wildman–Crippen MR) is 95.0 cm³/mol. The molecular formula is C19H20N4O2. The van der Waals surface area contributed by atoms with Crippen LogP contribution in [0.25, 0.3) is 0 Å². The summed E-state index contributed by atoms with van der Waals surface area (Å²) in [7, 11) is 0. The van der Waals surface area contributed by atoms with E-state index in [2.05, 4.69) is 9.97 Å². The van der Waals surface area contributed by atoms with Gasteiger partial charge >= 0.3 is 0 Å². The summed E-state index contributed by atoms with van der Waals surface area (Å²) < 4.78 is 1.67. The summed E-state index contributed by atoms with van der Waals surface area (Å²) >= 11 is 0. The van der Waals surface area contributed by atoms with Gasteiger partial charge in [-0.25, -0.2) is 4.98 Å². The highest BCUT2D eigenvalue weighted by molar-refractivity contribution is 5.93. The minimum Gasteiger partial charge on any atom is -0.380 e. The average Bonchev–Trinajstić information content (AvgIpc) is 3.11. The van der Waals surface area contributed by atoms with Gasteiger partial charge in [0.25, 0.3) is 0 Å². The lowest BCUT2D eigenvalue weighted by Crippen LogP contribution is -2.34. The van der Waals surface area contributed by atoms with Crippen molar-refractivity contribution in [3.63, 3.8) is 0 Å². The van der Waals surface area contributed by atoms with E-state index in [0.717, 1.165) is 5.69 Å². The van der Waals surface area contributed by atoms with Crippen LogP contribution in [-0.2, 0) is 11.3 Å². The second-order valence-electron chi connectivity index (χ2n) is 5.58. The van der Waals surface area contributed by atoms with Gasteiger partial charge in [0, 0.05) is 42.6 Å². The summed E-state index contributed by atoms with van der Waals surface area (Å²) in [6.07, 6.45) is 5.59. The smallest absolute Gasteiger partial charge is 0.246 e. The Bertz CT molecular complexity index is 818. The fourth-order valence-electron chi connectivity index (χ4n) is 2.73. The lowest BCUT2D eigenvalue weighted by atomic mass is 10.1. The van der Waals surface area contributed by atoms with Crippen LogP contribution in [0, 0.1) is 0 Å². The summed E-state index contributed by atoms with van der Waals surface area (Å²) in [5.74, 6) is 0.358. The van der Waals surface area contributed by atoms with E-state index in [9.17, 15) is 9.90 Å². The van der Waals surface area contributed by atoms with E-state index >= 15 is 0 Å². The van der Waals surface area contributed by atoms with Gasteiger partial charge in [0.05, 0.1) is 0 Å². The van der Waals surface area contributed by atoms with Crippen LogP contribution >= 0.6 is 0 Å². The number of nitrogens with zero attached hydrogens (tertiary/aromatic N) is 4. The van der Waals surface area contributed by atoms with E-state index in [-0.39, 0.29) is 12.5 Å². The summed E-state index contributed by atoms with van der Waals surface area (Å²) in [4.78, 5) is 22.7. The number of anilines is 1. The van der Waals surface area contributed by atoms with Crippen molar-refractivity contribution in [2.75, 3.05) is 11.4 Å². The Balaban J connectivity index is 1.80.